The molecule has 0 N–H and O–H groups in total. The number of esters is 1. The van der Waals surface area contributed by atoms with Crippen molar-refractivity contribution >= 4 is 18.0 Å². The molecule has 2 aromatic carbocycles. The molecule has 4 aliphatic rings. The third kappa shape index (κ3) is 3.49. The number of benzene rings is 2. The van der Waals surface area contributed by atoms with Crippen LogP contribution in [-0.2, 0) is 26.2 Å². The molecular formula is C32H36N2O4. The Hall–Kier alpha value is -3.38. The largest absolute Gasteiger partial charge is 0.487 e. The predicted molar refractivity (Wildman–Crippen MR) is 147 cm³/mol. The van der Waals surface area contributed by atoms with E-state index in [4.69, 9.17) is 9.47 Å². The van der Waals surface area contributed by atoms with Gasteiger partial charge in [0.2, 0.25) is 5.91 Å². The van der Waals surface area contributed by atoms with Crippen molar-refractivity contribution in [3.63, 3.8) is 0 Å². The minimum absolute atomic E-state index is 0.0354. The number of ether oxygens (including phenoxy) is 2. The van der Waals surface area contributed by atoms with E-state index in [0.717, 1.165) is 42.8 Å². The minimum Gasteiger partial charge on any atom is -0.487 e. The van der Waals surface area contributed by atoms with E-state index in [1.54, 1.807) is 6.08 Å². The highest BCUT2D eigenvalue weighted by Crippen LogP contribution is 2.65. The number of nitrogens with zero attached hydrogens (tertiary/aromatic N) is 2. The Morgan fingerprint density at radius 3 is 2.82 bits per heavy atom. The average molecular weight is 513 g/mol. The number of likely N-dealkylation sites (tertiary alicyclic amines) is 1. The van der Waals surface area contributed by atoms with E-state index in [2.05, 4.69) is 29.7 Å². The molecule has 38 heavy (non-hydrogen) atoms. The fourth-order valence-electron chi connectivity index (χ4n) is 8.01. The zero-order chi connectivity index (χ0) is 26.7. The smallest absolute Gasteiger partial charge is 0.303 e. The van der Waals surface area contributed by atoms with Gasteiger partial charge in [-0.1, -0.05) is 48.0 Å². The third-order valence-corrected chi connectivity index (χ3v) is 9.40. The molecule has 198 valence electrons. The van der Waals surface area contributed by atoms with Crippen molar-refractivity contribution in [2.24, 2.45) is 0 Å². The number of rotatable bonds is 6. The SMILES string of the molecule is C=CCN1CC[C@]23c4c5cccc4OC2C(N(C)C(=O)/C=C/c2cccc(C)c2)CC[C@@]3(OC(C)=O)[C@H]1C5. The molecular weight excluding hydrogens is 476 g/mol. The number of carbonyl (C=O) groups is 2. The van der Waals surface area contributed by atoms with Gasteiger partial charge in [0, 0.05) is 38.7 Å². The van der Waals surface area contributed by atoms with Gasteiger partial charge in [-0.25, -0.2) is 0 Å². The van der Waals surface area contributed by atoms with Crippen molar-refractivity contribution in [3.05, 3.63) is 83.4 Å². The Morgan fingerprint density at radius 2 is 2.05 bits per heavy atom. The lowest BCUT2D eigenvalue weighted by molar-refractivity contribution is -0.222. The second-order valence-electron chi connectivity index (χ2n) is 11.3. The Labute approximate surface area is 224 Å². The molecule has 0 aromatic heterocycles. The fourth-order valence-corrected chi connectivity index (χ4v) is 8.01. The molecule has 2 fully saturated rings. The van der Waals surface area contributed by atoms with Gasteiger partial charge in [-0.05, 0) is 55.9 Å². The van der Waals surface area contributed by atoms with Crippen LogP contribution in [0.3, 0.4) is 0 Å². The summed E-state index contributed by atoms with van der Waals surface area (Å²) in [7, 11) is 1.88. The molecule has 1 saturated carbocycles. The van der Waals surface area contributed by atoms with Gasteiger partial charge in [-0.15, -0.1) is 6.58 Å². The zero-order valence-corrected chi connectivity index (χ0v) is 22.5. The highest BCUT2D eigenvalue weighted by molar-refractivity contribution is 5.92. The molecule has 2 unspecified atom stereocenters. The lowest BCUT2D eigenvalue weighted by atomic mass is 9.48. The molecule has 1 spiro atoms. The molecule has 2 aliphatic carbocycles. The summed E-state index contributed by atoms with van der Waals surface area (Å²) >= 11 is 0. The standard InChI is InChI=1S/C32H36N2O4/c1-5-17-34-18-16-31-29-24-10-7-11-26(29)37-30(31)25(14-15-32(31,27(34)20-24)38-22(3)35)33(4)28(36)13-12-23-9-6-8-21(2)19-23/h5-13,19,25,27,30H,1,14-18,20H2,2-4H3/b13-12+/t25?,27-,30?,31+,32-/m1/s1. The highest BCUT2D eigenvalue weighted by Gasteiger charge is 2.75. The van der Waals surface area contributed by atoms with Crippen molar-refractivity contribution < 1.29 is 19.1 Å². The van der Waals surface area contributed by atoms with E-state index < -0.39 is 11.0 Å². The highest BCUT2D eigenvalue weighted by atomic mass is 16.6. The van der Waals surface area contributed by atoms with Gasteiger partial charge >= 0.3 is 5.97 Å². The Balaban J connectivity index is 1.41. The molecule has 2 aliphatic heterocycles. The number of carbonyl (C=O) groups excluding carboxylic acids is 2. The van der Waals surface area contributed by atoms with Crippen LogP contribution in [0, 0.1) is 6.92 Å². The monoisotopic (exact) mass is 512 g/mol. The molecule has 6 nitrogen and oxygen atoms in total. The molecule has 2 heterocycles. The Morgan fingerprint density at radius 1 is 1.24 bits per heavy atom. The van der Waals surface area contributed by atoms with Gasteiger partial charge in [0.15, 0.2) is 0 Å². The minimum atomic E-state index is -0.706. The summed E-state index contributed by atoms with van der Waals surface area (Å²) in [6, 6.07) is 14.3. The summed E-state index contributed by atoms with van der Waals surface area (Å²) in [5, 5.41) is 0. The summed E-state index contributed by atoms with van der Waals surface area (Å²) in [4.78, 5) is 30.4. The molecule has 1 amide bonds. The van der Waals surface area contributed by atoms with Crippen LogP contribution in [0.4, 0.5) is 0 Å². The molecule has 2 aromatic rings. The fraction of sp³-hybridized carbons (Fsp3) is 0.438. The average Bonchev–Trinajstić information content (AvgIpc) is 3.23. The first-order chi connectivity index (χ1) is 18.3. The third-order valence-electron chi connectivity index (χ3n) is 9.40. The van der Waals surface area contributed by atoms with Crippen LogP contribution >= 0.6 is 0 Å². The first-order valence-electron chi connectivity index (χ1n) is 13.7. The van der Waals surface area contributed by atoms with Crippen LogP contribution in [0.1, 0.15) is 48.4 Å². The summed E-state index contributed by atoms with van der Waals surface area (Å²) in [5.74, 6) is 0.567. The first kappa shape index (κ1) is 24.9. The number of piperidine rings is 1. The number of hydrogen-bond donors (Lipinski definition) is 0. The van der Waals surface area contributed by atoms with E-state index in [0.29, 0.717) is 12.8 Å². The van der Waals surface area contributed by atoms with E-state index >= 15 is 0 Å². The quantitative estimate of drug-likeness (QED) is 0.325. The van der Waals surface area contributed by atoms with Crippen molar-refractivity contribution in [3.8, 4) is 5.75 Å². The second-order valence-corrected chi connectivity index (χ2v) is 11.3. The van der Waals surface area contributed by atoms with Gasteiger partial charge in [0.05, 0.1) is 17.5 Å². The summed E-state index contributed by atoms with van der Waals surface area (Å²) in [6.45, 7) is 9.16. The Bertz CT molecular complexity index is 1330. The van der Waals surface area contributed by atoms with Gasteiger partial charge in [-0.3, -0.25) is 14.5 Å². The maximum atomic E-state index is 13.5. The normalized spacial score (nSPS) is 30.9. The van der Waals surface area contributed by atoms with Crippen LogP contribution < -0.4 is 4.74 Å². The number of aryl methyl sites for hydroxylation is 1. The van der Waals surface area contributed by atoms with Crippen molar-refractivity contribution in [2.75, 3.05) is 20.1 Å². The van der Waals surface area contributed by atoms with Crippen molar-refractivity contribution in [2.45, 2.75) is 68.7 Å². The van der Waals surface area contributed by atoms with E-state index in [1.165, 1.54) is 18.1 Å². The van der Waals surface area contributed by atoms with Crippen molar-refractivity contribution in [1.82, 2.24) is 9.80 Å². The number of likely N-dealkylation sites (N-methyl/N-ethyl adjacent to an activating group) is 1. The summed E-state index contributed by atoms with van der Waals surface area (Å²) < 4.78 is 13.3. The van der Waals surface area contributed by atoms with Crippen molar-refractivity contribution in [1.29, 1.82) is 0 Å². The van der Waals surface area contributed by atoms with Crippen LogP contribution in [0.25, 0.3) is 6.08 Å². The van der Waals surface area contributed by atoms with Gasteiger partial charge in [0.1, 0.15) is 17.5 Å². The molecule has 0 radical (unpaired) electrons. The molecule has 1 saturated heterocycles. The lowest BCUT2D eigenvalue weighted by Crippen LogP contribution is -2.79. The topological polar surface area (TPSA) is 59.1 Å². The predicted octanol–water partition coefficient (Wildman–Crippen LogP) is 4.45. The van der Waals surface area contributed by atoms with Gasteiger partial charge in [-0.2, -0.15) is 0 Å². The maximum absolute atomic E-state index is 13.5. The van der Waals surface area contributed by atoms with Crippen LogP contribution in [0.15, 0.2) is 61.2 Å². The van der Waals surface area contributed by atoms with Crippen LogP contribution in [-0.4, -0.2) is 65.6 Å². The van der Waals surface area contributed by atoms with E-state index in [1.807, 2.05) is 55.3 Å². The van der Waals surface area contributed by atoms with E-state index in [-0.39, 0.29) is 30.1 Å². The summed E-state index contributed by atoms with van der Waals surface area (Å²) in [6.07, 6.45) is 8.17. The molecule has 2 bridgehead atoms. The van der Waals surface area contributed by atoms with Crippen LogP contribution in [0.2, 0.25) is 0 Å². The van der Waals surface area contributed by atoms with Gasteiger partial charge in [0.25, 0.3) is 0 Å². The first-order valence-corrected chi connectivity index (χ1v) is 13.7. The number of hydrogen-bond acceptors (Lipinski definition) is 5. The molecule has 5 atom stereocenters. The second kappa shape index (κ2) is 9.12. The number of amides is 1. The van der Waals surface area contributed by atoms with Crippen LogP contribution in [0.5, 0.6) is 5.75 Å². The molecule has 6 rings (SSSR count). The Kier molecular flexibility index (Phi) is 5.98. The lowest BCUT2D eigenvalue weighted by Gasteiger charge is -2.65. The molecule has 6 heteroatoms. The zero-order valence-electron chi connectivity index (χ0n) is 22.5. The summed E-state index contributed by atoms with van der Waals surface area (Å²) in [5.41, 5.74) is 3.41. The van der Waals surface area contributed by atoms with E-state index in [9.17, 15) is 9.59 Å². The van der Waals surface area contributed by atoms with Gasteiger partial charge < -0.3 is 14.4 Å². The maximum Gasteiger partial charge on any atom is 0.303 e.